The van der Waals surface area contributed by atoms with Crippen molar-refractivity contribution >= 4 is 0 Å². The minimum atomic E-state index is 0.512. The van der Waals surface area contributed by atoms with Crippen molar-refractivity contribution in [3.05, 3.63) is 0 Å². The topological polar surface area (TPSA) is 146 Å². The third-order valence-corrected chi connectivity index (χ3v) is 5.83. The number of ether oxygens (including phenoxy) is 13. The van der Waals surface area contributed by atoms with Crippen molar-refractivity contribution in [2.24, 2.45) is 11.7 Å². The van der Waals surface area contributed by atoms with Crippen LogP contribution in [0.15, 0.2) is 0 Å². The summed E-state index contributed by atoms with van der Waals surface area (Å²) in [4.78, 5) is 0. The Labute approximate surface area is 272 Å². The van der Waals surface area contributed by atoms with Gasteiger partial charge in [-0.05, 0) is 5.92 Å². The average molecular weight is 660 g/mol. The number of hydrogen-bond donors (Lipinski definition) is 1. The minimum absolute atomic E-state index is 0.512. The van der Waals surface area contributed by atoms with Gasteiger partial charge in [0.15, 0.2) is 0 Å². The molecule has 1 unspecified atom stereocenters. The van der Waals surface area contributed by atoms with E-state index in [9.17, 15) is 0 Å². The quantitative estimate of drug-likeness (QED) is 0.0938. The van der Waals surface area contributed by atoms with Crippen LogP contribution in [-0.2, 0) is 61.6 Å². The van der Waals surface area contributed by atoms with Gasteiger partial charge >= 0.3 is 0 Å². The Morgan fingerprint density at radius 3 is 0.667 bits per heavy atom. The Morgan fingerprint density at radius 2 is 0.489 bits per heavy atom. The highest BCUT2D eigenvalue weighted by atomic mass is 16.6. The Balaban J connectivity index is 3.04. The molecule has 0 aromatic rings. The van der Waals surface area contributed by atoms with E-state index in [4.69, 9.17) is 67.3 Å². The van der Waals surface area contributed by atoms with Crippen LogP contribution >= 0.6 is 0 Å². The monoisotopic (exact) mass is 659 g/mol. The predicted molar refractivity (Wildman–Crippen MR) is 169 cm³/mol. The van der Waals surface area contributed by atoms with Crippen molar-refractivity contribution in [3.63, 3.8) is 0 Å². The van der Waals surface area contributed by atoms with Gasteiger partial charge in [0.1, 0.15) is 0 Å². The Bertz CT molecular complexity index is 526. The summed E-state index contributed by atoms with van der Waals surface area (Å²) in [5.41, 5.74) is 5.33. The van der Waals surface area contributed by atoms with Gasteiger partial charge in [0.25, 0.3) is 0 Å². The first-order chi connectivity index (χ1) is 22.3. The van der Waals surface area contributed by atoms with E-state index < -0.39 is 0 Å². The average Bonchev–Trinajstić information content (AvgIpc) is 3.05. The highest BCUT2D eigenvalue weighted by molar-refractivity contribution is 4.46. The molecule has 272 valence electrons. The maximum absolute atomic E-state index is 5.53. The smallest absolute Gasteiger partial charge is 0.0701 e. The van der Waals surface area contributed by atoms with E-state index in [-0.39, 0.29) is 0 Å². The molecule has 0 fully saturated rings. The number of rotatable bonds is 41. The van der Waals surface area contributed by atoms with Crippen LogP contribution in [-0.4, -0.2) is 178 Å². The SMILES string of the molecule is CCC(C)COCCOCCOCCOCCOCCOCCOCCOCCOCCOCCOCCOCCOCCN. The first-order valence-corrected chi connectivity index (χ1v) is 16.5. The summed E-state index contributed by atoms with van der Waals surface area (Å²) in [6.45, 7) is 19.0. The zero-order valence-corrected chi connectivity index (χ0v) is 28.3. The minimum Gasteiger partial charge on any atom is -0.379 e. The second-order valence-corrected chi connectivity index (χ2v) is 9.73. The van der Waals surface area contributed by atoms with Crippen LogP contribution < -0.4 is 5.73 Å². The third-order valence-electron chi connectivity index (χ3n) is 5.83. The largest absolute Gasteiger partial charge is 0.379 e. The lowest BCUT2D eigenvalue weighted by atomic mass is 10.1. The number of nitrogens with two attached hydrogens (primary N) is 1. The summed E-state index contributed by atoms with van der Waals surface area (Å²) in [5, 5.41) is 0. The van der Waals surface area contributed by atoms with Gasteiger partial charge in [0.2, 0.25) is 0 Å². The lowest BCUT2D eigenvalue weighted by molar-refractivity contribution is -0.0292. The van der Waals surface area contributed by atoms with E-state index in [1.165, 1.54) is 0 Å². The molecule has 0 bridgehead atoms. The Morgan fingerprint density at radius 1 is 0.311 bits per heavy atom. The van der Waals surface area contributed by atoms with Gasteiger partial charge in [0, 0.05) is 13.2 Å². The molecular weight excluding hydrogens is 594 g/mol. The lowest BCUT2D eigenvalue weighted by Crippen LogP contribution is -2.16. The molecule has 0 saturated heterocycles. The van der Waals surface area contributed by atoms with Gasteiger partial charge in [-0.15, -0.1) is 0 Å². The fourth-order valence-electron chi connectivity index (χ4n) is 3.12. The van der Waals surface area contributed by atoms with E-state index in [1.807, 2.05) is 0 Å². The van der Waals surface area contributed by atoms with Crippen LogP contribution in [0.25, 0.3) is 0 Å². The lowest BCUT2D eigenvalue weighted by Gasteiger charge is -2.10. The van der Waals surface area contributed by atoms with Crippen LogP contribution in [0, 0.1) is 5.92 Å². The molecule has 0 spiro atoms. The second kappa shape index (κ2) is 41.5. The molecule has 0 rings (SSSR count). The van der Waals surface area contributed by atoms with Crippen molar-refractivity contribution in [1.29, 1.82) is 0 Å². The zero-order chi connectivity index (χ0) is 32.6. The second-order valence-electron chi connectivity index (χ2n) is 9.73. The Kier molecular flexibility index (Phi) is 40.9. The van der Waals surface area contributed by atoms with Crippen LogP contribution in [0.5, 0.6) is 0 Å². The molecule has 14 heteroatoms. The van der Waals surface area contributed by atoms with E-state index in [2.05, 4.69) is 13.8 Å². The summed E-state index contributed by atoms with van der Waals surface area (Å²) in [5.74, 6) is 0.597. The van der Waals surface area contributed by atoms with Crippen molar-refractivity contribution in [1.82, 2.24) is 0 Å². The molecule has 2 N–H and O–H groups in total. The van der Waals surface area contributed by atoms with Crippen LogP contribution in [0.2, 0.25) is 0 Å². The fourth-order valence-corrected chi connectivity index (χ4v) is 3.12. The first kappa shape index (κ1) is 44.4. The summed E-state index contributed by atoms with van der Waals surface area (Å²) < 4.78 is 70.8. The molecule has 0 aliphatic heterocycles. The summed E-state index contributed by atoms with van der Waals surface area (Å²) in [6, 6.07) is 0. The maximum atomic E-state index is 5.53. The molecule has 0 radical (unpaired) electrons. The van der Waals surface area contributed by atoms with E-state index in [0.29, 0.717) is 178 Å². The van der Waals surface area contributed by atoms with Crippen molar-refractivity contribution in [2.45, 2.75) is 20.3 Å². The molecule has 14 nitrogen and oxygen atoms in total. The van der Waals surface area contributed by atoms with Gasteiger partial charge < -0.3 is 67.3 Å². The molecule has 0 heterocycles. The molecule has 0 saturated carbocycles. The van der Waals surface area contributed by atoms with Crippen molar-refractivity contribution in [3.8, 4) is 0 Å². The van der Waals surface area contributed by atoms with Crippen LogP contribution in [0.4, 0.5) is 0 Å². The van der Waals surface area contributed by atoms with E-state index >= 15 is 0 Å². The predicted octanol–water partition coefficient (Wildman–Crippen LogP) is 1.21. The van der Waals surface area contributed by atoms with Gasteiger partial charge in [0.05, 0.1) is 165 Å². The first-order valence-electron chi connectivity index (χ1n) is 16.5. The molecule has 0 aliphatic rings. The highest BCUT2D eigenvalue weighted by Gasteiger charge is 1.99. The van der Waals surface area contributed by atoms with Crippen LogP contribution in [0.3, 0.4) is 0 Å². The molecule has 0 aromatic carbocycles. The highest BCUT2D eigenvalue weighted by Crippen LogP contribution is 2.00. The van der Waals surface area contributed by atoms with Gasteiger partial charge in [-0.1, -0.05) is 20.3 Å². The van der Waals surface area contributed by atoms with Crippen molar-refractivity contribution < 1.29 is 61.6 Å². The molecular formula is C31H65NO13. The van der Waals surface area contributed by atoms with E-state index in [0.717, 1.165) is 13.0 Å². The zero-order valence-electron chi connectivity index (χ0n) is 28.3. The fraction of sp³-hybridized carbons (Fsp3) is 1.00. The molecule has 0 aromatic heterocycles. The maximum Gasteiger partial charge on any atom is 0.0701 e. The van der Waals surface area contributed by atoms with Crippen LogP contribution in [0.1, 0.15) is 20.3 Å². The normalized spacial score (nSPS) is 12.3. The molecule has 1 atom stereocenters. The summed E-state index contributed by atoms with van der Waals surface area (Å²) in [7, 11) is 0. The summed E-state index contributed by atoms with van der Waals surface area (Å²) in [6.07, 6.45) is 1.13. The van der Waals surface area contributed by atoms with Gasteiger partial charge in [-0.2, -0.15) is 0 Å². The third kappa shape index (κ3) is 41.4. The van der Waals surface area contributed by atoms with Gasteiger partial charge in [-0.3, -0.25) is 0 Å². The number of hydrogen-bond acceptors (Lipinski definition) is 14. The summed E-state index contributed by atoms with van der Waals surface area (Å²) >= 11 is 0. The molecule has 0 aliphatic carbocycles. The molecule has 0 amide bonds. The standard InChI is InChI=1S/C31H65NO13/c1-3-31(2)30-45-29-28-44-27-26-43-25-24-42-23-22-41-21-20-40-19-18-39-17-16-38-15-14-37-13-12-36-11-10-35-9-8-34-7-6-33-5-4-32/h31H,3-30,32H2,1-2H3. The Hall–Kier alpha value is -0.560. The van der Waals surface area contributed by atoms with Gasteiger partial charge in [-0.25, -0.2) is 0 Å². The van der Waals surface area contributed by atoms with Crippen molar-refractivity contribution in [2.75, 3.05) is 178 Å². The molecule has 45 heavy (non-hydrogen) atoms. The van der Waals surface area contributed by atoms with E-state index in [1.54, 1.807) is 0 Å².